The van der Waals surface area contributed by atoms with E-state index in [1.54, 1.807) is 0 Å². The van der Waals surface area contributed by atoms with E-state index >= 15 is 0 Å². The zero-order valence-electron chi connectivity index (χ0n) is 11.9. The van der Waals surface area contributed by atoms with E-state index in [9.17, 15) is 21.2 Å². The van der Waals surface area contributed by atoms with Gasteiger partial charge in [0.15, 0.2) is 9.84 Å². The summed E-state index contributed by atoms with van der Waals surface area (Å²) in [5, 5.41) is 0. The van der Waals surface area contributed by atoms with E-state index in [1.165, 1.54) is 13.8 Å². The second kappa shape index (κ2) is 5.66. The summed E-state index contributed by atoms with van der Waals surface area (Å²) in [5.74, 6) is -0.588. The molecule has 0 saturated carbocycles. The van der Waals surface area contributed by atoms with E-state index in [2.05, 4.69) is 4.72 Å². The van der Waals surface area contributed by atoms with Gasteiger partial charge in [0, 0.05) is 6.04 Å². The van der Waals surface area contributed by atoms with Crippen molar-refractivity contribution in [3.63, 3.8) is 0 Å². The molecule has 0 bridgehead atoms. The molecule has 1 N–H and O–H groups in total. The van der Waals surface area contributed by atoms with Gasteiger partial charge in [-0.3, -0.25) is 0 Å². The van der Waals surface area contributed by atoms with Crippen molar-refractivity contribution in [1.82, 2.24) is 4.72 Å². The Morgan fingerprint density at radius 2 is 1.81 bits per heavy atom. The molecule has 0 aromatic heterocycles. The average Bonchev–Trinajstić information content (AvgIpc) is 2.23. The summed E-state index contributed by atoms with van der Waals surface area (Å²) in [6.07, 6.45) is 0.925. The third-order valence-corrected chi connectivity index (χ3v) is 7.12. The third-order valence-electron chi connectivity index (χ3n) is 3.48. The highest BCUT2D eigenvalue weighted by atomic mass is 32.2. The van der Waals surface area contributed by atoms with Crippen molar-refractivity contribution in [3.05, 3.63) is 29.1 Å². The van der Waals surface area contributed by atoms with Gasteiger partial charge < -0.3 is 0 Å². The second-order valence-corrected chi connectivity index (χ2v) is 9.32. The molecule has 8 heteroatoms. The Balaban J connectivity index is 2.31. The number of benzene rings is 1. The summed E-state index contributed by atoms with van der Waals surface area (Å²) in [7, 11) is -7.07. The normalized spacial score (nSPS) is 22.1. The lowest BCUT2D eigenvalue weighted by molar-refractivity contribution is 0.516. The Bertz CT molecular complexity index is 733. The standard InChI is InChI=1S/C13H18FNO4S2/c1-9-6-11(14)7-10(2)13(9)21(18,19)15-12-4-3-5-20(16,17)8-12/h6-7,12,15H,3-5,8H2,1-2H3. The number of nitrogens with one attached hydrogen (secondary N) is 1. The van der Waals surface area contributed by atoms with E-state index < -0.39 is 31.7 Å². The first-order valence-corrected chi connectivity index (χ1v) is 9.91. The number of sulfone groups is 1. The fourth-order valence-corrected chi connectivity index (χ4v) is 6.18. The van der Waals surface area contributed by atoms with E-state index in [0.29, 0.717) is 24.0 Å². The number of halogens is 1. The van der Waals surface area contributed by atoms with Crippen molar-refractivity contribution in [3.8, 4) is 0 Å². The van der Waals surface area contributed by atoms with Crippen LogP contribution in [0.4, 0.5) is 4.39 Å². The fraction of sp³-hybridized carbons (Fsp3) is 0.538. The van der Waals surface area contributed by atoms with Crippen LogP contribution in [0.1, 0.15) is 24.0 Å². The van der Waals surface area contributed by atoms with Gasteiger partial charge in [-0.1, -0.05) is 0 Å². The zero-order valence-corrected chi connectivity index (χ0v) is 13.5. The minimum Gasteiger partial charge on any atom is -0.229 e. The molecule has 0 aliphatic carbocycles. The number of sulfonamides is 1. The van der Waals surface area contributed by atoms with Crippen molar-refractivity contribution in [2.75, 3.05) is 11.5 Å². The van der Waals surface area contributed by atoms with Gasteiger partial charge in [-0.2, -0.15) is 0 Å². The smallest absolute Gasteiger partial charge is 0.229 e. The first kappa shape index (κ1) is 16.4. The highest BCUT2D eigenvalue weighted by Gasteiger charge is 2.30. The number of aryl methyl sites for hydroxylation is 2. The second-order valence-electron chi connectivity index (χ2n) is 5.44. The lowest BCUT2D eigenvalue weighted by atomic mass is 10.1. The van der Waals surface area contributed by atoms with E-state index in [1.807, 2.05) is 0 Å². The molecule has 1 fully saturated rings. The summed E-state index contributed by atoms with van der Waals surface area (Å²) in [4.78, 5) is 0.0203. The number of rotatable bonds is 3. The Labute approximate surface area is 124 Å². The molecule has 0 amide bonds. The van der Waals surface area contributed by atoms with Crippen LogP contribution in [0, 0.1) is 19.7 Å². The van der Waals surface area contributed by atoms with Gasteiger partial charge in [-0.25, -0.2) is 25.9 Å². The highest BCUT2D eigenvalue weighted by Crippen LogP contribution is 2.23. The van der Waals surface area contributed by atoms with Crippen molar-refractivity contribution in [2.24, 2.45) is 0 Å². The van der Waals surface area contributed by atoms with Crippen molar-refractivity contribution >= 4 is 19.9 Å². The van der Waals surface area contributed by atoms with Crippen LogP contribution in [-0.2, 0) is 19.9 Å². The van der Waals surface area contributed by atoms with Crippen molar-refractivity contribution in [2.45, 2.75) is 37.6 Å². The van der Waals surface area contributed by atoms with Crippen LogP contribution < -0.4 is 4.72 Å². The lowest BCUT2D eigenvalue weighted by Crippen LogP contribution is -2.43. The minimum atomic E-state index is -3.87. The maximum atomic E-state index is 13.3. The van der Waals surface area contributed by atoms with E-state index in [-0.39, 0.29) is 16.4 Å². The maximum Gasteiger partial charge on any atom is 0.241 e. The predicted molar refractivity (Wildman–Crippen MR) is 77.9 cm³/mol. The topological polar surface area (TPSA) is 80.3 Å². The molecule has 2 rings (SSSR count). The largest absolute Gasteiger partial charge is 0.241 e. The highest BCUT2D eigenvalue weighted by molar-refractivity contribution is 7.91. The van der Waals surface area contributed by atoms with Gasteiger partial charge in [0.1, 0.15) is 5.82 Å². The number of hydrogen-bond donors (Lipinski definition) is 1. The first-order chi connectivity index (χ1) is 9.61. The molecular formula is C13H18FNO4S2. The molecule has 118 valence electrons. The van der Waals surface area contributed by atoms with E-state index in [0.717, 1.165) is 12.1 Å². The van der Waals surface area contributed by atoms with Crippen LogP contribution in [0.5, 0.6) is 0 Å². The van der Waals surface area contributed by atoms with Crippen LogP contribution in [-0.4, -0.2) is 34.4 Å². The molecule has 0 radical (unpaired) electrons. The maximum absolute atomic E-state index is 13.3. The Morgan fingerprint density at radius 1 is 1.24 bits per heavy atom. The van der Waals surface area contributed by atoms with Crippen molar-refractivity contribution < 1.29 is 21.2 Å². The molecule has 1 heterocycles. The number of hydrogen-bond acceptors (Lipinski definition) is 4. The molecule has 1 aromatic carbocycles. The van der Waals surface area contributed by atoms with Crippen LogP contribution in [0.3, 0.4) is 0 Å². The lowest BCUT2D eigenvalue weighted by Gasteiger charge is -2.23. The van der Waals surface area contributed by atoms with Crippen LogP contribution in [0.2, 0.25) is 0 Å². The third kappa shape index (κ3) is 3.81. The average molecular weight is 335 g/mol. The van der Waals surface area contributed by atoms with Gasteiger partial charge in [-0.05, 0) is 49.9 Å². The van der Waals surface area contributed by atoms with Crippen LogP contribution in [0.15, 0.2) is 17.0 Å². The minimum absolute atomic E-state index is 0.0203. The summed E-state index contributed by atoms with van der Waals surface area (Å²) in [6, 6.07) is 1.68. The Morgan fingerprint density at radius 3 is 2.33 bits per heavy atom. The monoisotopic (exact) mass is 335 g/mol. The van der Waals surface area contributed by atoms with Crippen molar-refractivity contribution in [1.29, 1.82) is 0 Å². The molecule has 1 unspecified atom stereocenters. The SMILES string of the molecule is Cc1cc(F)cc(C)c1S(=O)(=O)NC1CCCS(=O)(=O)C1. The first-order valence-electron chi connectivity index (χ1n) is 6.60. The molecule has 1 aliphatic rings. The predicted octanol–water partition coefficient (Wildman–Crippen LogP) is 1.30. The summed E-state index contributed by atoms with van der Waals surface area (Å²) >= 11 is 0. The van der Waals surface area contributed by atoms with Gasteiger partial charge >= 0.3 is 0 Å². The zero-order chi connectivity index (χ0) is 15.8. The molecule has 21 heavy (non-hydrogen) atoms. The Kier molecular flexibility index (Phi) is 4.41. The fourth-order valence-electron chi connectivity index (χ4n) is 2.72. The molecular weight excluding hydrogens is 317 g/mol. The van der Waals surface area contributed by atoms with Crippen LogP contribution in [0.25, 0.3) is 0 Å². The van der Waals surface area contributed by atoms with Gasteiger partial charge in [0.25, 0.3) is 0 Å². The van der Waals surface area contributed by atoms with Gasteiger partial charge in [-0.15, -0.1) is 0 Å². The summed E-state index contributed by atoms with van der Waals surface area (Å²) in [5.41, 5.74) is 0.609. The van der Waals surface area contributed by atoms with Crippen LogP contribution >= 0.6 is 0 Å². The Hall–Kier alpha value is -0.990. The summed E-state index contributed by atoms with van der Waals surface area (Å²) in [6.45, 7) is 3.03. The quantitative estimate of drug-likeness (QED) is 0.903. The molecule has 1 atom stereocenters. The summed E-state index contributed by atoms with van der Waals surface area (Å²) < 4.78 is 63.7. The van der Waals surface area contributed by atoms with E-state index in [4.69, 9.17) is 0 Å². The van der Waals surface area contributed by atoms with Gasteiger partial charge in [0.2, 0.25) is 10.0 Å². The molecule has 1 saturated heterocycles. The molecule has 1 aliphatic heterocycles. The van der Waals surface area contributed by atoms with Gasteiger partial charge in [0.05, 0.1) is 16.4 Å². The molecule has 5 nitrogen and oxygen atoms in total. The molecule has 1 aromatic rings. The molecule has 0 spiro atoms.